The molecule has 9 heteroatoms. The van der Waals surface area contributed by atoms with Crippen LogP contribution in [-0.2, 0) is 18.1 Å². The van der Waals surface area contributed by atoms with Gasteiger partial charge in [0.25, 0.3) is 0 Å². The van der Waals surface area contributed by atoms with Crippen LogP contribution in [0.4, 0.5) is 18.9 Å². The summed E-state index contributed by atoms with van der Waals surface area (Å²) in [6.07, 6.45) is -2.60. The van der Waals surface area contributed by atoms with Crippen LogP contribution < -0.4 is 4.90 Å². The molecule has 3 rings (SSSR count). The summed E-state index contributed by atoms with van der Waals surface area (Å²) in [4.78, 5) is 23.1. The number of aromatic carboxylic acids is 1. The highest BCUT2D eigenvalue weighted by Gasteiger charge is 2.39. The number of benzene rings is 1. The van der Waals surface area contributed by atoms with E-state index in [0.717, 1.165) is 5.56 Å². The lowest BCUT2D eigenvalue weighted by Crippen LogP contribution is -2.33. The van der Waals surface area contributed by atoms with Gasteiger partial charge in [-0.2, -0.15) is 13.2 Å². The van der Waals surface area contributed by atoms with Gasteiger partial charge >= 0.3 is 12.1 Å². The molecule has 0 bridgehead atoms. The standard InChI is InChI=1S/C22H27F3N4O2/c1-21(2,3)20-26-13-17(18(27-20)22(23,24)25)29-9-5-8-28(10-11-29)14-15-6-4-7-16(12-15)19(30)31/h4,6-7,12-13H,5,8-11,14H2,1-3H3,(H,30,31). The zero-order chi connectivity index (χ0) is 22.8. The van der Waals surface area contributed by atoms with Crippen molar-refractivity contribution in [3.63, 3.8) is 0 Å². The summed E-state index contributed by atoms with van der Waals surface area (Å²) in [6, 6.07) is 6.73. The number of carbonyl (C=O) groups is 1. The van der Waals surface area contributed by atoms with E-state index in [1.54, 1.807) is 37.8 Å². The smallest absolute Gasteiger partial charge is 0.435 e. The van der Waals surface area contributed by atoms with Crippen LogP contribution in [0.25, 0.3) is 0 Å². The van der Waals surface area contributed by atoms with Crippen molar-refractivity contribution in [2.45, 2.75) is 45.3 Å². The Bertz CT molecular complexity index is 941. The number of carboxylic acid groups (broad SMARTS) is 1. The highest BCUT2D eigenvalue weighted by molar-refractivity contribution is 5.87. The van der Waals surface area contributed by atoms with Gasteiger partial charge in [0.2, 0.25) is 0 Å². The van der Waals surface area contributed by atoms with E-state index in [-0.39, 0.29) is 17.1 Å². The lowest BCUT2D eigenvalue weighted by molar-refractivity contribution is -0.140. The Labute approximate surface area is 179 Å². The molecule has 2 heterocycles. The molecule has 0 amide bonds. The zero-order valence-corrected chi connectivity index (χ0v) is 17.9. The average molecular weight is 436 g/mol. The van der Waals surface area contributed by atoms with E-state index in [4.69, 9.17) is 5.11 Å². The summed E-state index contributed by atoms with van der Waals surface area (Å²) in [7, 11) is 0. The molecule has 1 aromatic carbocycles. The Hall–Kier alpha value is -2.68. The second kappa shape index (κ2) is 8.82. The average Bonchev–Trinajstić information content (AvgIpc) is 2.92. The van der Waals surface area contributed by atoms with Crippen LogP contribution in [-0.4, -0.2) is 52.1 Å². The maximum absolute atomic E-state index is 13.8. The van der Waals surface area contributed by atoms with Crippen molar-refractivity contribution in [1.82, 2.24) is 14.9 Å². The predicted molar refractivity (Wildman–Crippen MR) is 111 cm³/mol. The molecule has 1 aromatic heterocycles. The highest BCUT2D eigenvalue weighted by Crippen LogP contribution is 2.36. The topological polar surface area (TPSA) is 69.6 Å². The van der Waals surface area contributed by atoms with E-state index in [1.165, 1.54) is 12.3 Å². The Kier molecular flexibility index (Phi) is 6.54. The third-order valence-corrected chi connectivity index (χ3v) is 5.22. The molecule has 1 aliphatic heterocycles. The number of rotatable bonds is 4. The van der Waals surface area contributed by atoms with Crippen molar-refractivity contribution in [1.29, 1.82) is 0 Å². The quantitative estimate of drug-likeness (QED) is 0.775. The lowest BCUT2D eigenvalue weighted by atomic mass is 9.95. The van der Waals surface area contributed by atoms with E-state index in [2.05, 4.69) is 14.9 Å². The number of hydrogen-bond donors (Lipinski definition) is 1. The van der Waals surface area contributed by atoms with Crippen molar-refractivity contribution < 1.29 is 23.1 Å². The van der Waals surface area contributed by atoms with E-state index >= 15 is 0 Å². The number of halogens is 3. The molecule has 1 fully saturated rings. The Morgan fingerprint density at radius 3 is 2.52 bits per heavy atom. The molecular formula is C22H27F3N4O2. The molecule has 0 spiro atoms. The van der Waals surface area contributed by atoms with Crippen molar-refractivity contribution in [3.05, 3.63) is 53.1 Å². The molecule has 0 radical (unpaired) electrons. The van der Waals surface area contributed by atoms with Crippen molar-refractivity contribution in [3.8, 4) is 0 Å². The molecule has 168 valence electrons. The summed E-state index contributed by atoms with van der Waals surface area (Å²) >= 11 is 0. The molecule has 0 unspecified atom stereocenters. The van der Waals surface area contributed by atoms with Gasteiger partial charge in [-0.05, 0) is 24.1 Å². The monoisotopic (exact) mass is 436 g/mol. The Morgan fingerprint density at radius 2 is 1.87 bits per heavy atom. The first-order valence-corrected chi connectivity index (χ1v) is 10.2. The number of aromatic nitrogens is 2. The largest absolute Gasteiger partial charge is 0.478 e. The van der Waals surface area contributed by atoms with Gasteiger partial charge in [-0.3, -0.25) is 4.90 Å². The molecule has 2 aromatic rings. The van der Waals surface area contributed by atoms with Crippen LogP contribution in [0.5, 0.6) is 0 Å². The van der Waals surface area contributed by atoms with E-state index < -0.39 is 23.3 Å². The van der Waals surface area contributed by atoms with Crippen LogP contribution >= 0.6 is 0 Å². The fourth-order valence-electron chi connectivity index (χ4n) is 3.61. The van der Waals surface area contributed by atoms with E-state index in [9.17, 15) is 18.0 Å². The molecule has 1 aliphatic rings. The van der Waals surface area contributed by atoms with E-state index in [1.807, 2.05) is 6.07 Å². The van der Waals surface area contributed by atoms with Gasteiger partial charge in [-0.15, -0.1) is 0 Å². The van der Waals surface area contributed by atoms with Gasteiger partial charge < -0.3 is 10.0 Å². The number of anilines is 1. The number of carboxylic acids is 1. The summed E-state index contributed by atoms with van der Waals surface area (Å²) in [6.45, 7) is 8.01. The third-order valence-electron chi connectivity index (χ3n) is 5.22. The molecule has 6 nitrogen and oxygen atoms in total. The fourth-order valence-corrected chi connectivity index (χ4v) is 3.61. The second-order valence-electron chi connectivity index (χ2n) is 8.80. The summed E-state index contributed by atoms with van der Waals surface area (Å²) in [5, 5.41) is 9.16. The zero-order valence-electron chi connectivity index (χ0n) is 17.9. The first kappa shape index (κ1) is 23.0. The molecule has 0 aliphatic carbocycles. The molecule has 31 heavy (non-hydrogen) atoms. The van der Waals surface area contributed by atoms with Crippen molar-refractivity contribution >= 4 is 11.7 Å². The van der Waals surface area contributed by atoms with Gasteiger partial charge in [0, 0.05) is 38.1 Å². The van der Waals surface area contributed by atoms with Gasteiger partial charge in [0.1, 0.15) is 5.82 Å². The van der Waals surface area contributed by atoms with Gasteiger partial charge in [-0.1, -0.05) is 32.9 Å². The molecule has 0 atom stereocenters. The van der Waals surface area contributed by atoms with Crippen LogP contribution in [0, 0.1) is 0 Å². The minimum Gasteiger partial charge on any atom is -0.478 e. The molecule has 1 saturated heterocycles. The Morgan fingerprint density at radius 1 is 1.13 bits per heavy atom. The SMILES string of the molecule is CC(C)(C)c1ncc(N2CCCN(Cc3cccc(C(=O)O)c3)CC2)c(C(F)(F)F)n1. The normalized spacial score (nSPS) is 16.3. The number of alkyl halides is 3. The van der Waals surface area contributed by atoms with Crippen LogP contribution in [0.2, 0.25) is 0 Å². The minimum absolute atomic E-state index is 0.00947. The van der Waals surface area contributed by atoms with Crippen LogP contribution in [0.3, 0.4) is 0 Å². The molecular weight excluding hydrogens is 409 g/mol. The Balaban J connectivity index is 1.77. The van der Waals surface area contributed by atoms with Crippen molar-refractivity contribution in [2.75, 3.05) is 31.1 Å². The minimum atomic E-state index is -4.57. The van der Waals surface area contributed by atoms with Crippen LogP contribution in [0.1, 0.15) is 54.6 Å². The summed E-state index contributed by atoms with van der Waals surface area (Å²) in [5.41, 5.74) is -0.384. The highest BCUT2D eigenvalue weighted by atomic mass is 19.4. The van der Waals surface area contributed by atoms with Crippen molar-refractivity contribution in [2.24, 2.45) is 0 Å². The first-order chi connectivity index (χ1) is 14.4. The van der Waals surface area contributed by atoms with Gasteiger partial charge in [0.15, 0.2) is 5.69 Å². The first-order valence-electron chi connectivity index (χ1n) is 10.2. The number of hydrogen-bond acceptors (Lipinski definition) is 5. The lowest BCUT2D eigenvalue weighted by Gasteiger charge is -2.27. The molecule has 0 saturated carbocycles. The van der Waals surface area contributed by atoms with Gasteiger partial charge in [0.05, 0.1) is 17.4 Å². The molecule has 1 N–H and O–H groups in total. The maximum atomic E-state index is 13.8. The maximum Gasteiger partial charge on any atom is 0.435 e. The van der Waals surface area contributed by atoms with Gasteiger partial charge in [-0.25, -0.2) is 14.8 Å². The summed E-state index contributed by atoms with van der Waals surface area (Å²) < 4.78 is 41.3. The number of nitrogens with zero attached hydrogens (tertiary/aromatic N) is 4. The third kappa shape index (κ3) is 5.72. The summed E-state index contributed by atoms with van der Waals surface area (Å²) in [5.74, 6) is -0.819. The van der Waals surface area contributed by atoms with Crippen LogP contribution in [0.15, 0.2) is 30.5 Å². The van der Waals surface area contributed by atoms with E-state index in [0.29, 0.717) is 39.1 Å². The fraction of sp³-hybridized carbons (Fsp3) is 0.500. The predicted octanol–water partition coefficient (Wildman–Crippen LogP) is 4.20. The second-order valence-corrected chi connectivity index (χ2v) is 8.80.